The molecule has 0 bridgehead atoms. The summed E-state index contributed by atoms with van der Waals surface area (Å²) in [6.45, 7) is 5.99. The fourth-order valence-electron chi connectivity index (χ4n) is 6.27. The Hall–Kier alpha value is -4.21. The van der Waals surface area contributed by atoms with Crippen LogP contribution in [0.2, 0.25) is 0 Å². The van der Waals surface area contributed by atoms with Crippen LogP contribution in [0.3, 0.4) is 0 Å². The number of azide groups is 1. The van der Waals surface area contributed by atoms with E-state index in [4.69, 9.17) is 4.74 Å². The number of nitrogens with one attached hydrogen (secondary N) is 3. The highest BCUT2D eigenvalue weighted by Gasteiger charge is 2.50. The van der Waals surface area contributed by atoms with Gasteiger partial charge in [-0.2, -0.15) is 0 Å². The van der Waals surface area contributed by atoms with Gasteiger partial charge in [0.2, 0.25) is 17.7 Å². The summed E-state index contributed by atoms with van der Waals surface area (Å²) < 4.78 is 5.40. The Labute approximate surface area is 277 Å². The Kier molecular flexibility index (Phi) is 13.0. The normalized spacial score (nSPS) is 20.2. The first-order valence-electron chi connectivity index (χ1n) is 16.8. The minimum atomic E-state index is -1.05. The van der Waals surface area contributed by atoms with Gasteiger partial charge in [0.25, 0.3) is 0 Å². The van der Waals surface area contributed by atoms with Gasteiger partial charge in [-0.3, -0.25) is 19.2 Å². The number of ketones is 1. The molecular formula is C36H48N6O5. The predicted molar refractivity (Wildman–Crippen MR) is 179 cm³/mol. The topological polar surface area (TPSA) is 166 Å². The summed E-state index contributed by atoms with van der Waals surface area (Å²) in [5.74, 6) is -1.36. The van der Waals surface area contributed by atoms with Crippen molar-refractivity contribution in [3.8, 4) is 0 Å². The first-order valence-corrected chi connectivity index (χ1v) is 16.8. The van der Waals surface area contributed by atoms with Gasteiger partial charge in [0, 0.05) is 11.3 Å². The first-order chi connectivity index (χ1) is 22.6. The SMILES string of the molecule is CC(C)C[C@H](NC(=O)[C@H](Cc1ccccc1)NC(=O)[C@H](CC1CCCCC1)NC(=O)[C@H](Cc1ccccc1)N=[N+]=[N-])C(=O)[C@@]1(C)CO1. The minimum Gasteiger partial charge on any atom is -0.361 e. The van der Waals surface area contributed by atoms with Gasteiger partial charge in [0.05, 0.1) is 12.6 Å². The smallest absolute Gasteiger partial charge is 0.243 e. The van der Waals surface area contributed by atoms with Crippen LogP contribution in [0, 0.1) is 11.8 Å². The van der Waals surface area contributed by atoms with Crippen molar-refractivity contribution in [2.24, 2.45) is 17.0 Å². The summed E-state index contributed by atoms with van der Waals surface area (Å²) in [4.78, 5) is 57.7. The van der Waals surface area contributed by atoms with Crippen molar-refractivity contribution in [2.45, 2.75) is 108 Å². The van der Waals surface area contributed by atoms with E-state index in [0.717, 1.165) is 43.2 Å². The standard InChI is InChI=1S/C36H48N6O5/c1-24(2)19-28(32(43)36(3)23-47-36)38-33(44)29(20-25-13-7-4-8-14-25)39-34(45)30(21-26-15-9-5-10-16-26)40-35(46)31(41-42-37)22-27-17-11-6-12-18-27/h4,6-8,11-14,17-18,24,26,28-31H,5,9-10,15-16,19-23H2,1-3H3,(H,38,44)(H,39,45)(H,40,46)/t28-,29-,30-,31-,36+/m0/s1. The third-order valence-corrected chi connectivity index (χ3v) is 9.05. The predicted octanol–water partition coefficient (Wildman–Crippen LogP) is 4.98. The van der Waals surface area contributed by atoms with Crippen LogP contribution in [-0.2, 0) is 36.8 Å². The van der Waals surface area contributed by atoms with E-state index in [2.05, 4.69) is 26.0 Å². The Balaban J connectivity index is 1.56. The van der Waals surface area contributed by atoms with Crippen molar-refractivity contribution < 1.29 is 23.9 Å². The maximum atomic E-state index is 14.1. The highest BCUT2D eigenvalue weighted by atomic mass is 16.6. The number of epoxide rings is 1. The lowest BCUT2D eigenvalue weighted by atomic mass is 9.84. The van der Waals surface area contributed by atoms with Gasteiger partial charge in [-0.1, -0.05) is 112 Å². The number of nitrogens with zero attached hydrogens (tertiary/aromatic N) is 3. The minimum absolute atomic E-state index is 0.128. The molecule has 4 rings (SSSR count). The lowest BCUT2D eigenvalue weighted by Gasteiger charge is -2.29. The van der Waals surface area contributed by atoms with Gasteiger partial charge >= 0.3 is 0 Å². The van der Waals surface area contributed by atoms with Crippen LogP contribution in [0.15, 0.2) is 65.8 Å². The largest absolute Gasteiger partial charge is 0.361 e. The Morgan fingerprint density at radius 2 is 1.36 bits per heavy atom. The quantitative estimate of drug-likeness (QED) is 0.0955. The fraction of sp³-hybridized carbons (Fsp3) is 0.556. The van der Waals surface area contributed by atoms with Crippen molar-refractivity contribution in [1.82, 2.24) is 16.0 Å². The Morgan fingerprint density at radius 3 is 1.91 bits per heavy atom. The Bertz CT molecular complexity index is 1400. The van der Waals surface area contributed by atoms with Crippen LogP contribution in [-0.4, -0.2) is 59.9 Å². The van der Waals surface area contributed by atoms with Gasteiger partial charge in [-0.25, -0.2) is 0 Å². The van der Waals surface area contributed by atoms with Gasteiger partial charge in [-0.15, -0.1) is 0 Å². The molecule has 2 fully saturated rings. The summed E-state index contributed by atoms with van der Waals surface area (Å²) in [5, 5.41) is 12.5. The second-order valence-electron chi connectivity index (χ2n) is 13.5. The maximum absolute atomic E-state index is 14.1. The molecule has 0 radical (unpaired) electrons. The molecule has 1 aliphatic heterocycles. The van der Waals surface area contributed by atoms with Crippen LogP contribution >= 0.6 is 0 Å². The zero-order valence-corrected chi connectivity index (χ0v) is 27.7. The van der Waals surface area contributed by atoms with E-state index < -0.39 is 47.5 Å². The molecule has 0 spiro atoms. The lowest BCUT2D eigenvalue weighted by Crippen LogP contribution is -2.58. The molecule has 1 heterocycles. The number of Topliss-reactive ketones (excluding diaryl/α,β-unsaturated/α-hetero) is 1. The molecule has 2 aromatic carbocycles. The lowest BCUT2D eigenvalue weighted by molar-refractivity contribution is -0.134. The average Bonchev–Trinajstić information content (AvgIpc) is 3.82. The third kappa shape index (κ3) is 10.9. The molecule has 2 aliphatic rings. The number of carbonyl (C=O) groups is 4. The van der Waals surface area contributed by atoms with E-state index in [1.165, 1.54) is 0 Å². The summed E-state index contributed by atoms with van der Waals surface area (Å²) in [6.07, 6.45) is 6.32. The van der Waals surface area contributed by atoms with Gasteiger partial charge < -0.3 is 20.7 Å². The van der Waals surface area contributed by atoms with Crippen LogP contribution in [0.5, 0.6) is 0 Å². The number of benzene rings is 2. The second-order valence-corrected chi connectivity index (χ2v) is 13.5. The summed E-state index contributed by atoms with van der Waals surface area (Å²) in [7, 11) is 0. The van der Waals surface area contributed by atoms with Crippen molar-refractivity contribution in [1.29, 1.82) is 0 Å². The molecule has 47 heavy (non-hydrogen) atoms. The monoisotopic (exact) mass is 644 g/mol. The molecule has 11 nitrogen and oxygen atoms in total. The first kappa shape index (κ1) is 35.6. The Morgan fingerprint density at radius 1 is 0.830 bits per heavy atom. The van der Waals surface area contributed by atoms with Crippen LogP contribution in [0.1, 0.15) is 76.8 Å². The maximum Gasteiger partial charge on any atom is 0.243 e. The van der Waals surface area contributed by atoms with E-state index >= 15 is 0 Å². The number of hydrogen-bond acceptors (Lipinski definition) is 6. The molecule has 0 unspecified atom stereocenters. The third-order valence-electron chi connectivity index (χ3n) is 9.05. The molecule has 252 valence electrons. The molecule has 11 heteroatoms. The second kappa shape index (κ2) is 17.1. The van der Waals surface area contributed by atoms with E-state index in [9.17, 15) is 24.7 Å². The van der Waals surface area contributed by atoms with Crippen LogP contribution in [0.4, 0.5) is 0 Å². The van der Waals surface area contributed by atoms with Crippen molar-refractivity contribution >= 4 is 23.5 Å². The molecule has 1 saturated carbocycles. The van der Waals surface area contributed by atoms with E-state index in [1.54, 1.807) is 6.92 Å². The molecule has 5 atom stereocenters. The summed E-state index contributed by atoms with van der Waals surface area (Å²) in [5.41, 5.74) is 9.97. The molecule has 1 saturated heterocycles. The van der Waals surface area contributed by atoms with E-state index in [0.29, 0.717) is 19.4 Å². The van der Waals surface area contributed by atoms with Crippen LogP contribution < -0.4 is 16.0 Å². The van der Waals surface area contributed by atoms with E-state index in [1.807, 2.05) is 74.5 Å². The van der Waals surface area contributed by atoms with Crippen LogP contribution in [0.25, 0.3) is 10.4 Å². The van der Waals surface area contributed by atoms with Gasteiger partial charge in [0.15, 0.2) is 5.78 Å². The summed E-state index contributed by atoms with van der Waals surface area (Å²) >= 11 is 0. The molecule has 0 aromatic heterocycles. The van der Waals surface area contributed by atoms with Gasteiger partial charge in [-0.05, 0) is 54.7 Å². The number of carbonyl (C=O) groups excluding carboxylic acids is 4. The highest BCUT2D eigenvalue weighted by Crippen LogP contribution is 2.30. The number of amides is 3. The highest BCUT2D eigenvalue weighted by molar-refractivity contribution is 5.98. The number of hydrogen-bond donors (Lipinski definition) is 3. The molecule has 2 aromatic rings. The zero-order valence-electron chi connectivity index (χ0n) is 27.7. The van der Waals surface area contributed by atoms with Crippen molar-refractivity contribution in [3.05, 3.63) is 82.2 Å². The van der Waals surface area contributed by atoms with Crippen molar-refractivity contribution in [2.75, 3.05) is 6.61 Å². The molecule has 3 N–H and O–H groups in total. The van der Waals surface area contributed by atoms with Crippen molar-refractivity contribution in [3.63, 3.8) is 0 Å². The zero-order chi connectivity index (χ0) is 33.8. The average molecular weight is 645 g/mol. The molecule has 3 amide bonds. The van der Waals surface area contributed by atoms with Gasteiger partial charge in [0.1, 0.15) is 23.7 Å². The number of ether oxygens (including phenoxy) is 1. The molecule has 1 aliphatic carbocycles. The molecular weight excluding hydrogens is 596 g/mol. The van der Waals surface area contributed by atoms with E-state index in [-0.39, 0.29) is 30.5 Å². The number of rotatable bonds is 17. The summed E-state index contributed by atoms with van der Waals surface area (Å²) in [6, 6.07) is 14.8. The fourth-order valence-corrected chi connectivity index (χ4v) is 6.27.